The zero-order valence-corrected chi connectivity index (χ0v) is 14.0. The summed E-state index contributed by atoms with van der Waals surface area (Å²) in [5.74, 6) is 0.818. The number of nitrogens with one attached hydrogen (secondary N) is 2. The van der Waals surface area contributed by atoms with Crippen LogP contribution in [-0.4, -0.2) is 16.1 Å². The molecule has 22 heavy (non-hydrogen) atoms. The lowest BCUT2D eigenvalue weighted by atomic mass is 9.96. The Hall–Kier alpha value is -1.85. The summed E-state index contributed by atoms with van der Waals surface area (Å²) in [7, 11) is 0. The van der Waals surface area contributed by atoms with Gasteiger partial charge in [0.05, 0.1) is 10.0 Å². The molecular weight excluding hydrogens is 323 g/mol. The van der Waals surface area contributed by atoms with E-state index in [1.807, 2.05) is 20.8 Å². The van der Waals surface area contributed by atoms with Gasteiger partial charge in [-0.15, -0.1) is 10.2 Å². The van der Waals surface area contributed by atoms with Crippen molar-refractivity contribution in [2.75, 3.05) is 10.6 Å². The van der Waals surface area contributed by atoms with Crippen molar-refractivity contribution in [3.63, 3.8) is 0 Å². The Morgan fingerprint density at radius 1 is 1.00 bits per heavy atom. The maximum absolute atomic E-state index is 11.9. The van der Waals surface area contributed by atoms with Crippen LogP contribution in [0.5, 0.6) is 0 Å². The molecule has 0 fully saturated rings. The summed E-state index contributed by atoms with van der Waals surface area (Å²) in [6, 6.07) is 8.56. The van der Waals surface area contributed by atoms with Crippen LogP contribution in [0, 0.1) is 5.41 Å². The van der Waals surface area contributed by atoms with Crippen molar-refractivity contribution in [2.45, 2.75) is 20.8 Å². The minimum atomic E-state index is -0.487. The molecule has 7 heteroatoms. The van der Waals surface area contributed by atoms with Crippen LogP contribution in [0.15, 0.2) is 30.3 Å². The lowest BCUT2D eigenvalue weighted by molar-refractivity contribution is -0.123. The number of benzene rings is 1. The summed E-state index contributed by atoms with van der Waals surface area (Å²) < 4.78 is 0. The van der Waals surface area contributed by atoms with Crippen molar-refractivity contribution >= 4 is 46.4 Å². The third-order valence-corrected chi connectivity index (χ3v) is 3.52. The first-order chi connectivity index (χ1) is 10.3. The Balaban J connectivity index is 2.06. The van der Waals surface area contributed by atoms with Crippen LogP contribution in [-0.2, 0) is 4.79 Å². The second kappa shape index (κ2) is 6.50. The van der Waals surface area contributed by atoms with Crippen LogP contribution >= 0.6 is 23.2 Å². The SMILES string of the molecule is CC(C)(C)C(=O)Nc1ccc(Nc2ccc(Cl)c(Cl)c2)nn1. The molecule has 2 N–H and O–H groups in total. The number of halogens is 2. The fourth-order valence-electron chi connectivity index (χ4n) is 1.49. The summed E-state index contributed by atoms with van der Waals surface area (Å²) in [5.41, 5.74) is 0.258. The number of rotatable bonds is 3. The van der Waals surface area contributed by atoms with Gasteiger partial charge < -0.3 is 10.6 Å². The fraction of sp³-hybridized carbons (Fsp3) is 0.267. The summed E-state index contributed by atoms with van der Waals surface area (Å²) in [6.45, 7) is 5.49. The number of carbonyl (C=O) groups excluding carboxylic acids is 1. The largest absolute Gasteiger partial charge is 0.339 e. The molecule has 2 rings (SSSR count). The molecule has 0 aliphatic carbocycles. The molecule has 1 aromatic carbocycles. The third kappa shape index (κ3) is 4.32. The number of carbonyl (C=O) groups is 1. The van der Waals surface area contributed by atoms with Gasteiger partial charge in [-0.2, -0.15) is 0 Å². The Kier molecular flexibility index (Phi) is 4.88. The quantitative estimate of drug-likeness (QED) is 0.863. The minimum absolute atomic E-state index is 0.119. The normalized spacial score (nSPS) is 11.1. The number of anilines is 3. The predicted molar refractivity (Wildman–Crippen MR) is 89.9 cm³/mol. The van der Waals surface area contributed by atoms with Gasteiger partial charge in [0, 0.05) is 11.1 Å². The summed E-state index contributed by atoms with van der Waals surface area (Å²) in [6.07, 6.45) is 0. The van der Waals surface area contributed by atoms with E-state index in [0.717, 1.165) is 5.69 Å². The molecule has 0 bridgehead atoms. The van der Waals surface area contributed by atoms with Crippen LogP contribution in [0.4, 0.5) is 17.3 Å². The molecule has 0 radical (unpaired) electrons. The van der Waals surface area contributed by atoms with Gasteiger partial charge in [0.2, 0.25) is 5.91 Å². The van der Waals surface area contributed by atoms with E-state index < -0.39 is 5.41 Å². The summed E-state index contributed by atoms with van der Waals surface area (Å²) >= 11 is 11.8. The topological polar surface area (TPSA) is 66.9 Å². The molecular formula is C15H16Cl2N4O. The molecule has 0 spiro atoms. The van der Waals surface area contributed by atoms with Crippen LogP contribution in [0.2, 0.25) is 10.0 Å². The lowest BCUT2D eigenvalue weighted by Crippen LogP contribution is -2.28. The van der Waals surface area contributed by atoms with Gasteiger partial charge in [0.15, 0.2) is 11.6 Å². The lowest BCUT2D eigenvalue weighted by Gasteiger charge is -2.16. The molecule has 1 aromatic heterocycles. The highest BCUT2D eigenvalue weighted by atomic mass is 35.5. The Bertz CT molecular complexity index is 681. The van der Waals surface area contributed by atoms with Gasteiger partial charge in [-0.05, 0) is 30.3 Å². The van der Waals surface area contributed by atoms with Gasteiger partial charge >= 0.3 is 0 Å². The van der Waals surface area contributed by atoms with E-state index in [1.165, 1.54) is 0 Å². The first-order valence-corrected chi connectivity index (χ1v) is 7.38. The number of hydrogen-bond acceptors (Lipinski definition) is 4. The van der Waals surface area contributed by atoms with Gasteiger partial charge in [-0.25, -0.2) is 0 Å². The zero-order valence-electron chi connectivity index (χ0n) is 12.4. The van der Waals surface area contributed by atoms with E-state index in [9.17, 15) is 4.79 Å². The van der Waals surface area contributed by atoms with Gasteiger partial charge in [0.1, 0.15) is 0 Å². The molecule has 1 amide bonds. The van der Waals surface area contributed by atoms with Gasteiger partial charge in [0.25, 0.3) is 0 Å². The van der Waals surface area contributed by atoms with Crippen LogP contribution in [0.3, 0.4) is 0 Å². The van der Waals surface area contributed by atoms with Crippen molar-refractivity contribution in [3.05, 3.63) is 40.4 Å². The predicted octanol–water partition coefficient (Wildman–Crippen LogP) is 4.51. The molecule has 0 saturated carbocycles. The van der Waals surface area contributed by atoms with Crippen molar-refractivity contribution in [2.24, 2.45) is 5.41 Å². The fourth-order valence-corrected chi connectivity index (χ4v) is 1.79. The Morgan fingerprint density at radius 3 is 2.18 bits per heavy atom. The third-order valence-electron chi connectivity index (χ3n) is 2.78. The van der Waals surface area contributed by atoms with Crippen molar-refractivity contribution < 1.29 is 4.79 Å². The highest BCUT2D eigenvalue weighted by Crippen LogP contribution is 2.26. The number of aromatic nitrogens is 2. The molecule has 0 unspecified atom stereocenters. The highest BCUT2D eigenvalue weighted by Gasteiger charge is 2.21. The second-order valence-corrected chi connectivity index (χ2v) is 6.58. The Morgan fingerprint density at radius 2 is 1.64 bits per heavy atom. The van der Waals surface area contributed by atoms with E-state index in [0.29, 0.717) is 21.7 Å². The summed E-state index contributed by atoms with van der Waals surface area (Å²) in [5, 5.41) is 14.7. The van der Waals surface area contributed by atoms with E-state index >= 15 is 0 Å². The van der Waals surface area contributed by atoms with E-state index in [-0.39, 0.29) is 5.91 Å². The van der Waals surface area contributed by atoms with E-state index in [1.54, 1.807) is 30.3 Å². The summed E-state index contributed by atoms with van der Waals surface area (Å²) in [4.78, 5) is 11.9. The molecule has 0 aliphatic heterocycles. The first-order valence-electron chi connectivity index (χ1n) is 6.63. The van der Waals surface area contributed by atoms with E-state index in [2.05, 4.69) is 20.8 Å². The monoisotopic (exact) mass is 338 g/mol. The smallest absolute Gasteiger partial charge is 0.230 e. The molecule has 0 saturated heterocycles. The Labute approximate surface area is 139 Å². The average molecular weight is 339 g/mol. The van der Waals surface area contributed by atoms with Crippen molar-refractivity contribution in [1.82, 2.24) is 10.2 Å². The molecule has 5 nitrogen and oxygen atoms in total. The molecule has 116 valence electrons. The number of nitrogens with zero attached hydrogens (tertiary/aromatic N) is 2. The average Bonchev–Trinajstić information content (AvgIpc) is 2.44. The number of amides is 1. The van der Waals surface area contributed by atoms with E-state index in [4.69, 9.17) is 23.2 Å². The highest BCUT2D eigenvalue weighted by molar-refractivity contribution is 6.42. The van der Waals surface area contributed by atoms with Crippen LogP contribution < -0.4 is 10.6 Å². The number of hydrogen-bond donors (Lipinski definition) is 2. The standard InChI is InChI=1S/C15H16Cl2N4O/c1-15(2,3)14(22)19-13-7-6-12(20-21-13)18-9-4-5-10(16)11(17)8-9/h4-8H,1-3H3,(H,18,20)(H,19,21,22). The van der Waals surface area contributed by atoms with Crippen LogP contribution in [0.1, 0.15) is 20.8 Å². The minimum Gasteiger partial charge on any atom is -0.339 e. The maximum Gasteiger partial charge on any atom is 0.230 e. The van der Waals surface area contributed by atoms with Crippen molar-refractivity contribution in [1.29, 1.82) is 0 Å². The molecule has 2 aromatic rings. The second-order valence-electron chi connectivity index (χ2n) is 5.76. The van der Waals surface area contributed by atoms with Crippen LogP contribution in [0.25, 0.3) is 0 Å². The molecule has 0 atom stereocenters. The molecule has 0 aliphatic rings. The maximum atomic E-state index is 11.9. The first kappa shape index (κ1) is 16.5. The van der Waals surface area contributed by atoms with Gasteiger partial charge in [-0.3, -0.25) is 4.79 Å². The van der Waals surface area contributed by atoms with Crippen molar-refractivity contribution in [3.8, 4) is 0 Å². The zero-order chi connectivity index (χ0) is 16.3. The van der Waals surface area contributed by atoms with Gasteiger partial charge in [-0.1, -0.05) is 44.0 Å². The molecule has 1 heterocycles.